The SMILES string of the molecule is Cc1cccnc1CC(N)CC1CC1. The van der Waals surface area contributed by atoms with Crippen LogP contribution >= 0.6 is 0 Å². The largest absolute Gasteiger partial charge is 0.327 e. The molecule has 1 aromatic rings. The van der Waals surface area contributed by atoms with Crippen molar-refractivity contribution in [2.75, 3.05) is 0 Å². The summed E-state index contributed by atoms with van der Waals surface area (Å²) in [6.45, 7) is 2.10. The molecule has 0 spiro atoms. The number of nitrogens with zero attached hydrogens (tertiary/aromatic N) is 1. The second-order valence-corrected chi connectivity index (χ2v) is 4.41. The van der Waals surface area contributed by atoms with Crippen molar-refractivity contribution in [2.24, 2.45) is 11.7 Å². The van der Waals surface area contributed by atoms with E-state index in [0.717, 1.165) is 12.3 Å². The van der Waals surface area contributed by atoms with E-state index in [1.54, 1.807) is 0 Å². The van der Waals surface area contributed by atoms with E-state index in [4.69, 9.17) is 5.73 Å². The van der Waals surface area contributed by atoms with Crippen LogP contribution in [0, 0.1) is 12.8 Å². The van der Waals surface area contributed by atoms with Crippen LogP contribution in [0.5, 0.6) is 0 Å². The first-order chi connectivity index (χ1) is 6.75. The summed E-state index contributed by atoms with van der Waals surface area (Å²) in [6, 6.07) is 4.38. The van der Waals surface area contributed by atoms with Crippen molar-refractivity contribution in [2.45, 2.75) is 38.6 Å². The molecule has 0 radical (unpaired) electrons. The molecule has 2 N–H and O–H groups in total. The molecule has 1 atom stereocenters. The van der Waals surface area contributed by atoms with E-state index >= 15 is 0 Å². The third-order valence-electron chi connectivity index (χ3n) is 2.91. The van der Waals surface area contributed by atoms with E-state index in [9.17, 15) is 0 Å². The Labute approximate surface area is 85.5 Å². The molecule has 1 aromatic heterocycles. The van der Waals surface area contributed by atoms with Gasteiger partial charge in [-0.15, -0.1) is 0 Å². The number of nitrogens with two attached hydrogens (primary N) is 1. The maximum absolute atomic E-state index is 6.08. The predicted molar refractivity (Wildman–Crippen MR) is 58.0 cm³/mol. The lowest BCUT2D eigenvalue weighted by molar-refractivity contribution is 0.560. The van der Waals surface area contributed by atoms with Crippen LogP contribution in [0.3, 0.4) is 0 Å². The highest BCUT2D eigenvalue weighted by atomic mass is 14.7. The summed E-state index contributed by atoms with van der Waals surface area (Å²) in [6.07, 6.45) is 6.73. The summed E-state index contributed by atoms with van der Waals surface area (Å²) < 4.78 is 0. The third kappa shape index (κ3) is 2.55. The zero-order valence-electron chi connectivity index (χ0n) is 8.74. The number of rotatable bonds is 4. The molecule has 2 nitrogen and oxygen atoms in total. The van der Waals surface area contributed by atoms with Crippen molar-refractivity contribution in [1.29, 1.82) is 0 Å². The average Bonchev–Trinajstić information content (AvgIpc) is 2.93. The van der Waals surface area contributed by atoms with Crippen LogP contribution in [0.25, 0.3) is 0 Å². The highest BCUT2D eigenvalue weighted by Crippen LogP contribution is 2.33. The van der Waals surface area contributed by atoms with Crippen LogP contribution < -0.4 is 5.73 Å². The molecule has 0 bridgehead atoms. The Kier molecular flexibility index (Phi) is 2.82. The van der Waals surface area contributed by atoms with Gasteiger partial charge < -0.3 is 5.73 Å². The van der Waals surface area contributed by atoms with Crippen molar-refractivity contribution in [3.8, 4) is 0 Å². The molecule has 2 rings (SSSR count). The molecule has 1 aliphatic rings. The molecule has 2 heteroatoms. The fourth-order valence-corrected chi connectivity index (χ4v) is 1.85. The van der Waals surface area contributed by atoms with E-state index in [-0.39, 0.29) is 0 Å². The molecule has 0 amide bonds. The molecule has 0 aliphatic heterocycles. The summed E-state index contributed by atoms with van der Waals surface area (Å²) in [5.41, 5.74) is 8.51. The first-order valence-corrected chi connectivity index (χ1v) is 5.42. The van der Waals surface area contributed by atoms with Crippen LogP contribution in [-0.4, -0.2) is 11.0 Å². The number of hydrogen-bond acceptors (Lipinski definition) is 2. The lowest BCUT2D eigenvalue weighted by Gasteiger charge is -2.11. The highest BCUT2D eigenvalue weighted by molar-refractivity contribution is 5.18. The van der Waals surface area contributed by atoms with Gasteiger partial charge in [-0.2, -0.15) is 0 Å². The Morgan fingerprint density at radius 3 is 3.00 bits per heavy atom. The highest BCUT2D eigenvalue weighted by Gasteiger charge is 2.24. The van der Waals surface area contributed by atoms with Gasteiger partial charge in [0.25, 0.3) is 0 Å². The first kappa shape index (κ1) is 9.66. The molecule has 1 saturated carbocycles. The zero-order valence-corrected chi connectivity index (χ0v) is 8.74. The maximum atomic E-state index is 6.08. The van der Waals surface area contributed by atoms with Gasteiger partial charge in [0.1, 0.15) is 0 Å². The summed E-state index contributed by atoms with van der Waals surface area (Å²) in [5, 5.41) is 0. The Hall–Kier alpha value is -0.890. The van der Waals surface area contributed by atoms with E-state index in [2.05, 4.69) is 18.0 Å². The molecule has 1 aliphatic carbocycles. The standard InChI is InChI=1S/C12H18N2/c1-9-3-2-6-14-12(9)8-11(13)7-10-4-5-10/h2-3,6,10-11H,4-5,7-8,13H2,1H3. The van der Waals surface area contributed by atoms with Crippen molar-refractivity contribution in [1.82, 2.24) is 4.98 Å². The van der Waals surface area contributed by atoms with Gasteiger partial charge in [0, 0.05) is 24.4 Å². The van der Waals surface area contributed by atoms with Crippen molar-refractivity contribution < 1.29 is 0 Å². The van der Waals surface area contributed by atoms with E-state index in [1.807, 2.05) is 12.3 Å². The van der Waals surface area contributed by atoms with Crippen molar-refractivity contribution in [3.63, 3.8) is 0 Å². The second kappa shape index (κ2) is 4.09. The topological polar surface area (TPSA) is 38.9 Å². The van der Waals surface area contributed by atoms with Gasteiger partial charge in [-0.1, -0.05) is 18.9 Å². The fourth-order valence-electron chi connectivity index (χ4n) is 1.85. The van der Waals surface area contributed by atoms with Gasteiger partial charge in [0.2, 0.25) is 0 Å². The average molecular weight is 190 g/mol. The van der Waals surface area contributed by atoms with E-state index in [0.29, 0.717) is 6.04 Å². The second-order valence-electron chi connectivity index (χ2n) is 4.41. The van der Waals surface area contributed by atoms with Crippen LogP contribution in [0.2, 0.25) is 0 Å². The molecular formula is C12H18N2. The van der Waals surface area contributed by atoms with Crippen LogP contribution in [0.1, 0.15) is 30.5 Å². The molecular weight excluding hydrogens is 172 g/mol. The fraction of sp³-hybridized carbons (Fsp3) is 0.583. The maximum Gasteiger partial charge on any atom is 0.0448 e. The third-order valence-corrected chi connectivity index (χ3v) is 2.91. The molecule has 1 fully saturated rings. The predicted octanol–water partition coefficient (Wildman–Crippen LogP) is 2.06. The number of pyridine rings is 1. The van der Waals surface area contributed by atoms with Gasteiger partial charge in [-0.3, -0.25) is 4.98 Å². The summed E-state index contributed by atoms with van der Waals surface area (Å²) in [4.78, 5) is 4.37. The Balaban J connectivity index is 1.91. The lowest BCUT2D eigenvalue weighted by Crippen LogP contribution is -2.24. The summed E-state index contributed by atoms with van der Waals surface area (Å²) >= 11 is 0. The molecule has 14 heavy (non-hydrogen) atoms. The summed E-state index contributed by atoms with van der Waals surface area (Å²) in [7, 11) is 0. The zero-order chi connectivity index (χ0) is 9.97. The van der Waals surface area contributed by atoms with Crippen molar-refractivity contribution in [3.05, 3.63) is 29.6 Å². The minimum atomic E-state index is 0.302. The lowest BCUT2D eigenvalue weighted by atomic mass is 10.0. The molecule has 1 heterocycles. The number of aromatic nitrogens is 1. The summed E-state index contributed by atoms with van der Waals surface area (Å²) in [5.74, 6) is 0.911. The normalized spacial score (nSPS) is 18.1. The minimum absolute atomic E-state index is 0.302. The van der Waals surface area contributed by atoms with Crippen LogP contribution in [-0.2, 0) is 6.42 Å². The monoisotopic (exact) mass is 190 g/mol. The Morgan fingerprint density at radius 2 is 2.36 bits per heavy atom. The van der Waals surface area contributed by atoms with Crippen LogP contribution in [0.4, 0.5) is 0 Å². The van der Waals surface area contributed by atoms with Gasteiger partial charge in [-0.25, -0.2) is 0 Å². The van der Waals surface area contributed by atoms with Gasteiger partial charge in [-0.05, 0) is 30.9 Å². The van der Waals surface area contributed by atoms with Gasteiger partial charge in [0.05, 0.1) is 0 Å². The van der Waals surface area contributed by atoms with E-state index < -0.39 is 0 Å². The number of aryl methyl sites for hydroxylation is 1. The molecule has 1 unspecified atom stereocenters. The van der Waals surface area contributed by atoms with Gasteiger partial charge >= 0.3 is 0 Å². The van der Waals surface area contributed by atoms with E-state index in [1.165, 1.54) is 30.5 Å². The quantitative estimate of drug-likeness (QED) is 0.789. The molecule has 0 saturated heterocycles. The smallest absolute Gasteiger partial charge is 0.0448 e. The van der Waals surface area contributed by atoms with Crippen molar-refractivity contribution >= 4 is 0 Å². The van der Waals surface area contributed by atoms with Crippen LogP contribution in [0.15, 0.2) is 18.3 Å². The molecule has 76 valence electrons. The van der Waals surface area contributed by atoms with Gasteiger partial charge in [0.15, 0.2) is 0 Å². The Morgan fingerprint density at radius 1 is 1.57 bits per heavy atom. The Bertz CT molecular complexity index is 305. The first-order valence-electron chi connectivity index (χ1n) is 5.42. The molecule has 0 aromatic carbocycles. The number of hydrogen-bond donors (Lipinski definition) is 1. The minimum Gasteiger partial charge on any atom is -0.327 e.